The van der Waals surface area contributed by atoms with Crippen LogP contribution in [0.1, 0.15) is 157 Å². The quantitative estimate of drug-likeness (QED) is 0.0539. The molecule has 0 radical (unpaired) electrons. The SMILES string of the molecule is C.C.CC[C@@H](C)C(=O)N[C@H](C(=O)N1CCC[C@H]1CN(CCc1ccccc1)C(=O)c1cn2cccnc2n1)C1CCOCC1.C[C@@H](C(=O)N[C@H](C(=O)N1CCC[C@H]1CN(CCc1ccccc1)C(=O)c1cn2cccnc2n1)C1CCOCC1)N(C)C(=O)OC(C)(C)C.O=C(O)c1cn2cccnc2n1. The second-order valence-electron chi connectivity index (χ2n) is 27.7. The monoisotopic (exact) mass is 1440 g/mol. The number of carboxylic acids is 1. The Hall–Kier alpha value is -10.2. The molecule has 0 spiro atoms. The second kappa shape index (κ2) is 38.0. The highest BCUT2D eigenvalue weighted by atomic mass is 16.6. The van der Waals surface area contributed by atoms with Gasteiger partial charge in [0.2, 0.25) is 41.0 Å². The zero-order valence-corrected chi connectivity index (χ0v) is 59.9. The molecule has 105 heavy (non-hydrogen) atoms. The number of imidazole rings is 3. The van der Waals surface area contributed by atoms with E-state index >= 15 is 0 Å². The van der Waals surface area contributed by atoms with Gasteiger partial charge in [0.1, 0.15) is 35.1 Å². The fourth-order valence-corrected chi connectivity index (χ4v) is 13.3. The number of ether oxygens (including phenoxy) is 3. The molecule has 0 bridgehead atoms. The summed E-state index contributed by atoms with van der Waals surface area (Å²) in [6.07, 6.45) is 22.3. The number of rotatable bonds is 23. The minimum atomic E-state index is -1.04. The molecule has 6 aromatic heterocycles. The number of aromatic nitrogens is 9. The molecule has 4 fully saturated rings. The van der Waals surface area contributed by atoms with Gasteiger partial charge in [-0.05, 0) is 139 Å². The van der Waals surface area contributed by atoms with E-state index in [0.717, 1.165) is 49.7 Å². The van der Waals surface area contributed by atoms with Crippen molar-refractivity contribution in [2.45, 2.75) is 163 Å². The molecule has 8 aromatic rings. The Kier molecular flexibility index (Phi) is 29.1. The number of hydrogen-bond donors (Lipinski definition) is 3. The van der Waals surface area contributed by atoms with Gasteiger partial charge in [0.15, 0.2) is 5.69 Å². The van der Waals surface area contributed by atoms with E-state index in [-0.39, 0.29) is 85.6 Å². The number of fused-ring (bicyclic) bond motifs is 3. The number of amides is 7. The predicted octanol–water partition coefficient (Wildman–Crippen LogP) is 8.63. The zero-order chi connectivity index (χ0) is 73.2. The Balaban J connectivity index is 0.000000226. The average Bonchev–Trinajstić information content (AvgIpc) is 0.922. The highest BCUT2D eigenvalue weighted by Gasteiger charge is 2.43. The highest BCUT2D eigenvalue weighted by Crippen LogP contribution is 2.29. The first kappa shape index (κ1) is 80.5. The van der Waals surface area contributed by atoms with Gasteiger partial charge in [-0.1, -0.05) is 89.4 Å². The molecular formula is C77H104N16O12. The second-order valence-corrected chi connectivity index (χ2v) is 27.7. The van der Waals surface area contributed by atoms with Crippen LogP contribution in [0.3, 0.4) is 0 Å². The van der Waals surface area contributed by atoms with Crippen LogP contribution in [0.4, 0.5) is 4.79 Å². The summed E-state index contributed by atoms with van der Waals surface area (Å²) in [5.41, 5.74) is 2.15. The van der Waals surface area contributed by atoms with Crippen LogP contribution in [-0.4, -0.2) is 229 Å². The molecule has 0 saturated carbocycles. The van der Waals surface area contributed by atoms with Crippen LogP contribution in [0.5, 0.6) is 0 Å². The standard InChI is InChI=1S/C36H49N7O6.C32H42N6O4.C7H5N3O2.2CH4/c1-25(40(5)35(47)49-36(2,3)4)31(44)39-30(27-15-21-48-22-16-27)33(46)43-19-9-13-28(43)23-41(20-14-26-11-7-6-8-12-26)32(45)29-24-42-18-10-17-37-34(42)38-29;1-3-23(2)29(39)35-28(25-13-19-42-20-14-25)31(41)38-17-7-11-26(38)21-36(18-12-24-9-5-4-6-10-24)30(40)27-22-37-16-8-15-33-32(37)34-27;11-6(12)5-4-10-3-1-2-8-7(10)9-5;;/h6-8,10-12,17-18,24-25,27-28,30H,9,13-16,19-23H2,1-5H3,(H,39,44);4-6,8-10,15-16,22-23,25-26,28H,3,7,11-14,17-21H2,1-2H3,(H,35,39);1-4H,(H,11,12);2*1H4/t25-,28-,30-;23-,26+,28+;;;/m01.../s1. The number of likely N-dealkylation sites (tertiary alicyclic amines) is 2. The zero-order valence-electron chi connectivity index (χ0n) is 59.9. The Bertz CT molecular complexity index is 4070. The number of benzene rings is 2. The normalized spacial score (nSPS) is 17.2. The summed E-state index contributed by atoms with van der Waals surface area (Å²) < 4.78 is 21.6. The van der Waals surface area contributed by atoms with Gasteiger partial charge in [-0.15, -0.1) is 0 Å². The minimum absolute atomic E-state index is 0. The summed E-state index contributed by atoms with van der Waals surface area (Å²) in [7, 11) is 1.51. The third-order valence-electron chi connectivity index (χ3n) is 19.5. The predicted molar refractivity (Wildman–Crippen MR) is 395 cm³/mol. The number of likely N-dealkylation sites (N-methyl/N-ethyl adjacent to an activating group) is 1. The van der Waals surface area contributed by atoms with E-state index in [1.54, 1.807) is 107 Å². The maximum Gasteiger partial charge on any atom is 0.410 e. The molecular weight excluding hydrogens is 1340 g/mol. The fraction of sp³-hybridized carbons (Fsp3) is 0.506. The van der Waals surface area contributed by atoms with Gasteiger partial charge in [-0.25, -0.2) is 39.5 Å². The lowest BCUT2D eigenvalue weighted by Crippen LogP contribution is -2.58. The van der Waals surface area contributed by atoms with E-state index in [1.807, 2.05) is 83.3 Å². The van der Waals surface area contributed by atoms with Crippen LogP contribution >= 0.6 is 0 Å². The number of nitrogens with zero attached hydrogens (tertiary/aromatic N) is 14. The average molecular weight is 1450 g/mol. The fourth-order valence-electron chi connectivity index (χ4n) is 13.3. The molecule has 3 N–H and O–H groups in total. The molecule has 0 unspecified atom stereocenters. The van der Waals surface area contributed by atoms with Crippen molar-refractivity contribution in [3.63, 3.8) is 0 Å². The molecule has 4 aliphatic heterocycles. The third-order valence-corrected chi connectivity index (χ3v) is 19.5. The molecule has 10 heterocycles. The van der Waals surface area contributed by atoms with Crippen LogP contribution in [0.15, 0.2) is 135 Å². The molecule has 28 nitrogen and oxygen atoms in total. The Morgan fingerprint density at radius 2 is 0.962 bits per heavy atom. The maximum absolute atomic E-state index is 14.5. The minimum Gasteiger partial charge on any atom is -0.476 e. The van der Waals surface area contributed by atoms with Crippen molar-refractivity contribution in [2.75, 3.05) is 72.7 Å². The van der Waals surface area contributed by atoms with E-state index in [4.69, 9.17) is 19.3 Å². The summed E-state index contributed by atoms with van der Waals surface area (Å²) >= 11 is 0. The van der Waals surface area contributed by atoms with Gasteiger partial charge < -0.3 is 49.6 Å². The first-order chi connectivity index (χ1) is 49.6. The Morgan fingerprint density at radius 1 is 0.571 bits per heavy atom. The first-order valence-electron chi connectivity index (χ1n) is 35.7. The van der Waals surface area contributed by atoms with Gasteiger partial charge in [-0.3, -0.25) is 46.9 Å². The van der Waals surface area contributed by atoms with Crippen molar-refractivity contribution in [3.05, 3.63) is 163 Å². The van der Waals surface area contributed by atoms with Crippen LogP contribution in [-0.2, 0) is 46.2 Å². The van der Waals surface area contributed by atoms with Gasteiger partial charge in [0, 0.05) is 147 Å². The maximum atomic E-state index is 14.5. The molecule has 28 heteroatoms. The molecule has 564 valence electrons. The lowest BCUT2D eigenvalue weighted by atomic mass is 9.90. The summed E-state index contributed by atoms with van der Waals surface area (Å²) in [4.78, 5) is 140. The molecule has 6 atom stereocenters. The molecule has 2 aromatic carbocycles. The van der Waals surface area contributed by atoms with E-state index in [9.17, 15) is 38.4 Å². The van der Waals surface area contributed by atoms with Crippen molar-refractivity contribution >= 4 is 64.8 Å². The van der Waals surface area contributed by atoms with Crippen LogP contribution < -0.4 is 10.6 Å². The van der Waals surface area contributed by atoms with E-state index in [0.29, 0.717) is 121 Å². The van der Waals surface area contributed by atoms with Crippen LogP contribution in [0.25, 0.3) is 17.3 Å². The number of carbonyl (C=O) groups excluding carboxylic acids is 7. The summed E-state index contributed by atoms with van der Waals surface area (Å²) in [6.45, 7) is 15.8. The molecule has 0 aliphatic carbocycles. The van der Waals surface area contributed by atoms with E-state index in [1.165, 1.54) is 18.1 Å². The highest BCUT2D eigenvalue weighted by molar-refractivity contribution is 5.95. The van der Waals surface area contributed by atoms with Gasteiger partial charge in [0.05, 0.1) is 0 Å². The van der Waals surface area contributed by atoms with Crippen molar-refractivity contribution in [1.29, 1.82) is 0 Å². The van der Waals surface area contributed by atoms with Gasteiger partial charge in [0.25, 0.3) is 11.8 Å². The van der Waals surface area contributed by atoms with Crippen molar-refractivity contribution < 1.29 is 57.7 Å². The number of carboxylic acid groups (broad SMARTS) is 1. The van der Waals surface area contributed by atoms with Crippen LogP contribution in [0, 0.1) is 17.8 Å². The van der Waals surface area contributed by atoms with E-state index in [2.05, 4.69) is 52.7 Å². The number of aromatic carboxylic acids is 1. The van der Waals surface area contributed by atoms with Crippen LogP contribution in [0.2, 0.25) is 0 Å². The van der Waals surface area contributed by atoms with Crippen molar-refractivity contribution in [3.8, 4) is 0 Å². The lowest BCUT2D eigenvalue weighted by Gasteiger charge is -2.37. The topological polar surface area (TPSA) is 315 Å². The molecule has 4 saturated heterocycles. The molecule has 4 aliphatic rings. The number of nitrogens with one attached hydrogen (secondary N) is 2. The molecule has 12 rings (SSSR count). The van der Waals surface area contributed by atoms with Crippen molar-refractivity contribution in [1.82, 2.24) is 78.2 Å². The number of hydrogen-bond acceptors (Lipinski definition) is 17. The summed E-state index contributed by atoms with van der Waals surface area (Å²) in [5.74, 6) is -1.16. The van der Waals surface area contributed by atoms with Gasteiger partial charge >= 0.3 is 12.1 Å². The first-order valence-corrected chi connectivity index (χ1v) is 35.7. The Labute approximate surface area is 614 Å². The smallest absolute Gasteiger partial charge is 0.410 e. The van der Waals surface area contributed by atoms with E-state index < -0.39 is 41.7 Å². The van der Waals surface area contributed by atoms with Crippen molar-refractivity contribution in [2.24, 2.45) is 17.8 Å². The summed E-state index contributed by atoms with van der Waals surface area (Å²) in [6, 6.07) is 22.7. The largest absolute Gasteiger partial charge is 0.476 e. The number of carbonyl (C=O) groups is 8. The molecule has 7 amide bonds. The summed E-state index contributed by atoms with van der Waals surface area (Å²) in [5, 5.41) is 14.7. The van der Waals surface area contributed by atoms with Gasteiger partial charge in [-0.2, -0.15) is 0 Å². The third kappa shape index (κ3) is 21.5. The lowest BCUT2D eigenvalue weighted by molar-refractivity contribution is -0.141. The Morgan fingerprint density at radius 3 is 1.34 bits per heavy atom.